The summed E-state index contributed by atoms with van der Waals surface area (Å²) in [4.78, 5) is 13.6. The Morgan fingerprint density at radius 1 is 1.14 bits per heavy atom. The van der Waals surface area contributed by atoms with Gasteiger partial charge in [0.25, 0.3) is 0 Å². The van der Waals surface area contributed by atoms with Gasteiger partial charge in [0.1, 0.15) is 11.5 Å². The first kappa shape index (κ1) is 15.2. The van der Waals surface area contributed by atoms with Crippen LogP contribution in [0.5, 0.6) is 0 Å². The van der Waals surface area contributed by atoms with E-state index in [9.17, 15) is 0 Å². The van der Waals surface area contributed by atoms with E-state index in [1.807, 2.05) is 20.8 Å². The summed E-state index contributed by atoms with van der Waals surface area (Å²) in [5, 5.41) is 0. The van der Waals surface area contributed by atoms with Gasteiger partial charge in [-0.3, -0.25) is 9.80 Å². The lowest BCUT2D eigenvalue weighted by atomic mass is 10.2. The van der Waals surface area contributed by atoms with Gasteiger partial charge in [0.05, 0.1) is 24.5 Å². The predicted octanol–water partition coefficient (Wildman–Crippen LogP) is 2.47. The van der Waals surface area contributed by atoms with Crippen LogP contribution in [0.2, 0.25) is 0 Å². The van der Waals surface area contributed by atoms with Gasteiger partial charge in [-0.15, -0.1) is 0 Å². The van der Waals surface area contributed by atoms with E-state index < -0.39 is 0 Å². The molecule has 1 atom stereocenters. The summed E-state index contributed by atoms with van der Waals surface area (Å²) < 4.78 is 11.3. The molecule has 1 unspecified atom stereocenters. The maximum Gasteiger partial charge on any atom is 0.211 e. The Labute approximate surface area is 131 Å². The standard InChI is InChI=1S/C16H24N4O2/c1-11-9-17-16(21-11)13(3)20-7-5-19(6-8-20)10-15-18-12(2)14(4)22-15/h9,13H,5-8,10H2,1-4H3. The summed E-state index contributed by atoms with van der Waals surface area (Å²) in [6.07, 6.45) is 1.79. The minimum atomic E-state index is 0.224. The summed E-state index contributed by atoms with van der Waals surface area (Å²) in [7, 11) is 0. The van der Waals surface area contributed by atoms with Gasteiger partial charge in [0, 0.05) is 26.2 Å². The molecule has 0 N–H and O–H groups in total. The average Bonchev–Trinajstić information content (AvgIpc) is 3.06. The molecule has 0 radical (unpaired) electrons. The Morgan fingerprint density at radius 3 is 2.41 bits per heavy atom. The highest BCUT2D eigenvalue weighted by molar-refractivity contribution is 5.05. The topological polar surface area (TPSA) is 58.5 Å². The molecule has 3 heterocycles. The van der Waals surface area contributed by atoms with Gasteiger partial charge in [-0.05, 0) is 27.7 Å². The second-order valence-corrected chi connectivity index (χ2v) is 6.05. The molecule has 2 aromatic heterocycles. The summed E-state index contributed by atoms with van der Waals surface area (Å²) in [5.74, 6) is 3.42. The van der Waals surface area contributed by atoms with Gasteiger partial charge >= 0.3 is 0 Å². The normalized spacial score (nSPS) is 18.7. The highest BCUT2D eigenvalue weighted by atomic mass is 16.4. The second kappa shape index (κ2) is 6.22. The van der Waals surface area contributed by atoms with Crippen molar-refractivity contribution in [1.82, 2.24) is 19.8 Å². The Hall–Kier alpha value is -1.66. The fraction of sp³-hybridized carbons (Fsp3) is 0.625. The Bertz CT molecular complexity index is 606. The SMILES string of the molecule is Cc1cnc(C(C)N2CCN(Cc3nc(C)c(C)o3)CC2)o1. The molecular formula is C16H24N4O2. The molecule has 0 bridgehead atoms. The van der Waals surface area contributed by atoms with Crippen LogP contribution in [0.3, 0.4) is 0 Å². The molecular weight excluding hydrogens is 280 g/mol. The first-order valence-corrected chi connectivity index (χ1v) is 7.84. The van der Waals surface area contributed by atoms with Crippen LogP contribution >= 0.6 is 0 Å². The number of aromatic nitrogens is 2. The van der Waals surface area contributed by atoms with Crippen molar-refractivity contribution in [2.75, 3.05) is 26.2 Å². The van der Waals surface area contributed by atoms with Crippen molar-refractivity contribution in [3.05, 3.63) is 35.2 Å². The summed E-state index contributed by atoms with van der Waals surface area (Å²) in [6.45, 7) is 12.8. The Balaban J connectivity index is 1.53. The highest BCUT2D eigenvalue weighted by Gasteiger charge is 2.25. The van der Waals surface area contributed by atoms with E-state index in [1.165, 1.54) is 0 Å². The average molecular weight is 304 g/mol. The van der Waals surface area contributed by atoms with E-state index in [0.29, 0.717) is 0 Å². The monoisotopic (exact) mass is 304 g/mol. The molecule has 0 aromatic carbocycles. The van der Waals surface area contributed by atoms with Crippen molar-refractivity contribution in [3.63, 3.8) is 0 Å². The van der Waals surface area contributed by atoms with E-state index in [1.54, 1.807) is 6.20 Å². The Kier molecular flexibility index (Phi) is 4.31. The molecule has 0 aliphatic carbocycles. The van der Waals surface area contributed by atoms with Gasteiger partial charge in [-0.1, -0.05) is 0 Å². The molecule has 1 aliphatic heterocycles. The van der Waals surface area contributed by atoms with Gasteiger partial charge in [0.2, 0.25) is 11.8 Å². The number of rotatable bonds is 4. The van der Waals surface area contributed by atoms with Gasteiger partial charge in [-0.25, -0.2) is 9.97 Å². The lowest BCUT2D eigenvalue weighted by Crippen LogP contribution is -2.46. The molecule has 22 heavy (non-hydrogen) atoms. The molecule has 3 rings (SSSR count). The van der Waals surface area contributed by atoms with E-state index in [2.05, 4.69) is 26.7 Å². The summed E-state index contributed by atoms with van der Waals surface area (Å²) in [6, 6.07) is 0.224. The predicted molar refractivity (Wildman–Crippen MR) is 82.5 cm³/mol. The lowest BCUT2D eigenvalue weighted by molar-refractivity contribution is 0.0819. The van der Waals surface area contributed by atoms with E-state index >= 15 is 0 Å². The molecule has 6 heteroatoms. The zero-order valence-corrected chi connectivity index (χ0v) is 13.8. The number of piperazine rings is 1. The fourth-order valence-corrected chi connectivity index (χ4v) is 2.83. The molecule has 1 fully saturated rings. The minimum absolute atomic E-state index is 0.224. The third-order valence-corrected chi connectivity index (χ3v) is 4.38. The van der Waals surface area contributed by atoms with Gasteiger partial charge in [0.15, 0.2) is 0 Å². The number of nitrogens with zero attached hydrogens (tertiary/aromatic N) is 4. The molecule has 0 amide bonds. The molecule has 1 aliphatic rings. The first-order chi connectivity index (χ1) is 10.5. The van der Waals surface area contributed by atoms with Crippen LogP contribution in [0.25, 0.3) is 0 Å². The molecule has 1 saturated heterocycles. The van der Waals surface area contributed by atoms with Crippen LogP contribution in [0.1, 0.15) is 42.0 Å². The largest absolute Gasteiger partial charge is 0.444 e. The van der Waals surface area contributed by atoms with Crippen LogP contribution in [0.4, 0.5) is 0 Å². The van der Waals surface area contributed by atoms with E-state index in [4.69, 9.17) is 8.83 Å². The minimum Gasteiger partial charge on any atom is -0.444 e. The maximum absolute atomic E-state index is 5.67. The van der Waals surface area contributed by atoms with Crippen LogP contribution in [-0.2, 0) is 6.54 Å². The zero-order chi connectivity index (χ0) is 15.7. The van der Waals surface area contributed by atoms with Crippen LogP contribution < -0.4 is 0 Å². The number of aryl methyl sites for hydroxylation is 3. The first-order valence-electron chi connectivity index (χ1n) is 7.84. The van der Waals surface area contributed by atoms with Crippen molar-refractivity contribution in [2.45, 2.75) is 40.3 Å². The smallest absolute Gasteiger partial charge is 0.211 e. The van der Waals surface area contributed by atoms with Crippen molar-refractivity contribution in [1.29, 1.82) is 0 Å². The van der Waals surface area contributed by atoms with Crippen LogP contribution in [-0.4, -0.2) is 45.9 Å². The lowest BCUT2D eigenvalue weighted by Gasteiger charge is -2.36. The maximum atomic E-state index is 5.67. The molecule has 0 saturated carbocycles. The van der Waals surface area contributed by atoms with Crippen molar-refractivity contribution < 1.29 is 8.83 Å². The summed E-state index contributed by atoms with van der Waals surface area (Å²) in [5.41, 5.74) is 0.988. The molecule has 0 spiro atoms. The number of oxazole rings is 2. The molecule has 120 valence electrons. The van der Waals surface area contributed by atoms with Crippen LogP contribution in [0.15, 0.2) is 15.0 Å². The van der Waals surface area contributed by atoms with E-state index in [-0.39, 0.29) is 6.04 Å². The van der Waals surface area contributed by atoms with E-state index in [0.717, 1.165) is 61.7 Å². The van der Waals surface area contributed by atoms with Crippen molar-refractivity contribution in [3.8, 4) is 0 Å². The number of hydrogen-bond acceptors (Lipinski definition) is 6. The van der Waals surface area contributed by atoms with Gasteiger partial charge in [-0.2, -0.15) is 0 Å². The quantitative estimate of drug-likeness (QED) is 0.865. The molecule has 6 nitrogen and oxygen atoms in total. The Morgan fingerprint density at radius 2 is 1.86 bits per heavy atom. The van der Waals surface area contributed by atoms with Crippen molar-refractivity contribution in [2.24, 2.45) is 0 Å². The summed E-state index contributed by atoms with van der Waals surface area (Å²) >= 11 is 0. The van der Waals surface area contributed by atoms with Gasteiger partial charge < -0.3 is 8.83 Å². The zero-order valence-electron chi connectivity index (χ0n) is 13.8. The second-order valence-electron chi connectivity index (χ2n) is 6.05. The van der Waals surface area contributed by atoms with Crippen LogP contribution in [0, 0.1) is 20.8 Å². The molecule has 2 aromatic rings. The number of hydrogen-bond donors (Lipinski definition) is 0. The fourth-order valence-electron chi connectivity index (χ4n) is 2.83. The highest BCUT2D eigenvalue weighted by Crippen LogP contribution is 2.22. The third kappa shape index (κ3) is 3.23. The van der Waals surface area contributed by atoms with Crippen molar-refractivity contribution >= 4 is 0 Å². The third-order valence-electron chi connectivity index (χ3n) is 4.38.